The summed E-state index contributed by atoms with van der Waals surface area (Å²) >= 11 is 12.0. The molecule has 0 atom stereocenters. The van der Waals surface area contributed by atoms with Crippen LogP contribution >= 0.6 is 23.2 Å². The Balaban J connectivity index is 2.15. The van der Waals surface area contributed by atoms with E-state index in [0.717, 1.165) is 5.56 Å². The van der Waals surface area contributed by atoms with Gasteiger partial charge in [-0.3, -0.25) is 0 Å². The summed E-state index contributed by atoms with van der Waals surface area (Å²) in [4.78, 5) is 0. The van der Waals surface area contributed by atoms with Crippen LogP contribution < -0.4 is 4.74 Å². The Hall–Kier alpha value is -1.64. The Labute approximate surface area is 122 Å². The van der Waals surface area contributed by atoms with E-state index in [0.29, 0.717) is 21.5 Å². The molecule has 0 aliphatic heterocycles. The van der Waals surface area contributed by atoms with Crippen LogP contribution in [0.25, 0.3) is 6.08 Å². The normalized spacial score (nSPS) is 10.7. The second-order valence-corrected chi connectivity index (χ2v) is 4.62. The number of methoxy groups -OCH3 is 1. The fraction of sp³-hybridized carbons (Fsp3) is 0.0667. The lowest BCUT2D eigenvalue weighted by Crippen LogP contribution is -1.85. The molecule has 0 spiro atoms. The average Bonchev–Trinajstić information content (AvgIpc) is 2.41. The predicted molar refractivity (Wildman–Crippen MR) is 79.0 cm³/mol. The van der Waals surface area contributed by atoms with Crippen LogP contribution in [-0.2, 0) is 4.74 Å². The lowest BCUT2D eigenvalue weighted by molar-refractivity contribution is 0.341. The molecule has 0 aromatic heterocycles. The quantitative estimate of drug-likeness (QED) is 0.703. The molecule has 0 saturated carbocycles. The highest BCUT2D eigenvalue weighted by Gasteiger charge is 2.02. The molecule has 2 aromatic carbocycles. The zero-order valence-corrected chi connectivity index (χ0v) is 11.8. The second kappa shape index (κ2) is 6.50. The summed E-state index contributed by atoms with van der Waals surface area (Å²) in [7, 11) is 1.59. The standard InChI is InChI=1S/C15H12Cl2O2/c1-18-9-8-11-2-5-14(10-15(11)17)19-13-6-3-12(16)4-7-13/h2-10H,1H3. The maximum Gasteiger partial charge on any atom is 0.128 e. The van der Waals surface area contributed by atoms with Gasteiger partial charge in [0.05, 0.1) is 18.4 Å². The molecule has 0 fully saturated rings. The first-order chi connectivity index (χ1) is 9.19. The van der Waals surface area contributed by atoms with Crippen molar-refractivity contribution in [2.75, 3.05) is 7.11 Å². The van der Waals surface area contributed by atoms with E-state index in [1.807, 2.05) is 12.1 Å². The fourth-order valence-electron chi connectivity index (χ4n) is 1.49. The van der Waals surface area contributed by atoms with Gasteiger partial charge in [0.15, 0.2) is 0 Å². The molecule has 4 heteroatoms. The van der Waals surface area contributed by atoms with Crippen LogP contribution in [0.1, 0.15) is 5.56 Å². The molecular formula is C15H12Cl2O2. The van der Waals surface area contributed by atoms with E-state index in [9.17, 15) is 0 Å². The predicted octanol–water partition coefficient (Wildman–Crippen LogP) is 5.40. The average molecular weight is 295 g/mol. The van der Waals surface area contributed by atoms with Gasteiger partial charge in [0.2, 0.25) is 0 Å². The molecule has 0 saturated heterocycles. The first-order valence-electron chi connectivity index (χ1n) is 5.61. The van der Waals surface area contributed by atoms with E-state index >= 15 is 0 Å². The first kappa shape index (κ1) is 13.8. The molecule has 0 N–H and O–H groups in total. The zero-order chi connectivity index (χ0) is 13.7. The van der Waals surface area contributed by atoms with Crippen LogP contribution in [0.4, 0.5) is 0 Å². The Kier molecular flexibility index (Phi) is 4.72. The largest absolute Gasteiger partial charge is 0.504 e. The summed E-state index contributed by atoms with van der Waals surface area (Å²) in [5, 5.41) is 1.27. The summed E-state index contributed by atoms with van der Waals surface area (Å²) in [5.74, 6) is 1.38. The fourth-order valence-corrected chi connectivity index (χ4v) is 1.85. The van der Waals surface area contributed by atoms with Crippen molar-refractivity contribution < 1.29 is 9.47 Å². The third-order valence-corrected chi connectivity index (χ3v) is 2.98. The van der Waals surface area contributed by atoms with Crippen LogP contribution in [0.2, 0.25) is 10.0 Å². The molecule has 98 valence electrons. The van der Waals surface area contributed by atoms with E-state index < -0.39 is 0 Å². The minimum Gasteiger partial charge on any atom is -0.504 e. The molecule has 0 unspecified atom stereocenters. The minimum absolute atomic E-state index is 0.597. The molecular weight excluding hydrogens is 283 g/mol. The van der Waals surface area contributed by atoms with Crippen LogP contribution in [0.5, 0.6) is 11.5 Å². The molecule has 0 heterocycles. The van der Waals surface area contributed by atoms with Crippen molar-refractivity contribution in [3.8, 4) is 11.5 Å². The number of halogens is 2. The Morgan fingerprint density at radius 1 is 0.947 bits per heavy atom. The monoisotopic (exact) mass is 294 g/mol. The molecule has 2 aromatic rings. The van der Waals surface area contributed by atoms with Crippen molar-refractivity contribution in [1.82, 2.24) is 0 Å². The third kappa shape index (κ3) is 3.91. The topological polar surface area (TPSA) is 18.5 Å². The highest BCUT2D eigenvalue weighted by atomic mass is 35.5. The molecule has 2 rings (SSSR count). The number of ether oxygens (including phenoxy) is 2. The van der Waals surface area contributed by atoms with Crippen molar-refractivity contribution in [1.29, 1.82) is 0 Å². The van der Waals surface area contributed by atoms with Crippen LogP contribution in [0.15, 0.2) is 48.7 Å². The van der Waals surface area contributed by atoms with Crippen LogP contribution in [0.3, 0.4) is 0 Å². The van der Waals surface area contributed by atoms with Gasteiger partial charge in [0.1, 0.15) is 11.5 Å². The first-order valence-corrected chi connectivity index (χ1v) is 6.37. The highest BCUT2D eigenvalue weighted by molar-refractivity contribution is 6.32. The van der Waals surface area contributed by atoms with E-state index in [1.54, 1.807) is 49.8 Å². The summed E-state index contributed by atoms with van der Waals surface area (Å²) < 4.78 is 10.5. The third-order valence-electron chi connectivity index (χ3n) is 2.40. The van der Waals surface area contributed by atoms with Gasteiger partial charge in [0, 0.05) is 5.02 Å². The molecule has 0 aliphatic carbocycles. The maximum atomic E-state index is 6.15. The lowest BCUT2D eigenvalue weighted by Gasteiger charge is -2.07. The number of hydrogen-bond donors (Lipinski definition) is 0. The molecule has 2 nitrogen and oxygen atoms in total. The van der Waals surface area contributed by atoms with E-state index in [-0.39, 0.29) is 0 Å². The van der Waals surface area contributed by atoms with Gasteiger partial charge in [0.25, 0.3) is 0 Å². The number of rotatable bonds is 4. The van der Waals surface area contributed by atoms with Gasteiger partial charge in [-0.2, -0.15) is 0 Å². The second-order valence-electron chi connectivity index (χ2n) is 3.78. The van der Waals surface area contributed by atoms with Gasteiger partial charge >= 0.3 is 0 Å². The minimum atomic E-state index is 0.597. The zero-order valence-electron chi connectivity index (χ0n) is 10.3. The van der Waals surface area contributed by atoms with Gasteiger partial charge in [-0.05, 0) is 54.1 Å². The summed E-state index contributed by atoms with van der Waals surface area (Å²) in [6, 6.07) is 12.6. The number of hydrogen-bond acceptors (Lipinski definition) is 2. The Morgan fingerprint density at radius 3 is 2.26 bits per heavy atom. The van der Waals surface area contributed by atoms with E-state index in [2.05, 4.69) is 0 Å². The molecule has 0 bridgehead atoms. The van der Waals surface area contributed by atoms with Crippen molar-refractivity contribution in [2.24, 2.45) is 0 Å². The molecule has 0 radical (unpaired) electrons. The molecule has 0 amide bonds. The number of benzene rings is 2. The van der Waals surface area contributed by atoms with Gasteiger partial charge in [-0.1, -0.05) is 23.2 Å². The summed E-state index contributed by atoms with van der Waals surface area (Å²) in [5.41, 5.74) is 0.868. The van der Waals surface area contributed by atoms with Crippen LogP contribution in [0, 0.1) is 0 Å². The highest BCUT2D eigenvalue weighted by Crippen LogP contribution is 2.28. The van der Waals surface area contributed by atoms with Gasteiger partial charge < -0.3 is 9.47 Å². The van der Waals surface area contributed by atoms with Crippen molar-refractivity contribution >= 4 is 29.3 Å². The van der Waals surface area contributed by atoms with Crippen molar-refractivity contribution in [2.45, 2.75) is 0 Å². The van der Waals surface area contributed by atoms with E-state index in [4.69, 9.17) is 32.7 Å². The summed E-state index contributed by atoms with van der Waals surface area (Å²) in [6.45, 7) is 0. The smallest absolute Gasteiger partial charge is 0.128 e. The Bertz CT molecular complexity index is 577. The molecule has 0 aliphatic rings. The summed E-state index contributed by atoms with van der Waals surface area (Å²) in [6.07, 6.45) is 3.36. The SMILES string of the molecule is COC=Cc1ccc(Oc2ccc(Cl)cc2)cc1Cl. The Morgan fingerprint density at radius 2 is 1.63 bits per heavy atom. The van der Waals surface area contributed by atoms with Gasteiger partial charge in [-0.25, -0.2) is 0 Å². The van der Waals surface area contributed by atoms with Crippen LogP contribution in [-0.4, -0.2) is 7.11 Å². The van der Waals surface area contributed by atoms with E-state index in [1.165, 1.54) is 0 Å². The van der Waals surface area contributed by atoms with Crippen molar-refractivity contribution in [3.05, 3.63) is 64.3 Å². The van der Waals surface area contributed by atoms with Gasteiger partial charge in [-0.15, -0.1) is 0 Å². The molecule has 19 heavy (non-hydrogen) atoms. The van der Waals surface area contributed by atoms with Crippen molar-refractivity contribution in [3.63, 3.8) is 0 Å². The lowest BCUT2D eigenvalue weighted by atomic mass is 10.2. The maximum absolute atomic E-state index is 6.15.